The largest absolute Gasteiger partial charge is 0.477 e. The lowest BCUT2D eigenvalue weighted by Gasteiger charge is -2.38. The Kier molecular flexibility index (Phi) is 3.16. The number of anilines is 1. The Labute approximate surface area is 122 Å². The van der Waals surface area contributed by atoms with Gasteiger partial charge in [-0.05, 0) is 36.2 Å². The SMILES string of the molecule is CCC1(CC)CC(=O)c2cc(-c3nc(O)no3)ccc2N1. The van der Waals surface area contributed by atoms with Gasteiger partial charge in [0, 0.05) is 28.8 Å². The third-order valence-corrected chi connectivity index (χ3v) is 4.23. The molecule has 3 rings (SSSR count). The van der Waals surface area contributed by atoms with Gasteiger partial charge in [-0.2, -0.15) is 4.98 Å². The fourth-order valence-electron chi connectivity index (χ4n) is 2.76. The van der Waals surface area contributed by atoms with Crippen molar-refractivity contribution < 1.29 is 14.4 Å². The minimum absolute atomic E-state index is 0.109. The zero-order valence-electron chi connectivity index (χ0n) is 12.0. The van der Waals surface area contributed by atoms with E-state index >= 15 is 0 Å². The summed E-state index contributed by atoms with van der Waals surface area (Å²) in [7, 11) is 0. The molecule has 0 bridgehead atoms. The number of aromatic hydroxyl groups is 1. The van der Waals surface area contributed by atoms with Gasteiger partial charge in [-0.25, -0.2) is 0 Å². The highest BCUT2D eigenvalue weighted by molar-refractivity contribution is 6.05. The molecule has 0 aliphatic carbocycles. The molecule has 0 atom stereocenters. The van der Waals surface area contributed by atoms with E-state index in [1.165, 1.54) is 0 Å². The van der Waals surface area contributed by atoms with E-state index < -0.39 is 6.01 Å². The molecule has 1 aromatic heterocycles. The Balaban J connectivity index is 2.01. The van der Waals surface area contributed by atoms with E-state index in [4.69, 9.17) is 9.63 Å². The summed E-state index contributed by atoms with van der Waals surface area (Å²) in [4.78, 5) is 16.2. The van der Waals surface area contributed by atoms with Crippen LogP contribution in [0.15, 0.2) is 22.7 Å². The highest BCUT2D eigenvalue weighted by atomic mass is 16.5. The minimum atomic E-state index is -0.414. The van der Waals surface area contributed by atoms with Crippen molar-refractivity contribution in [3.05, 3.63) is 23.8 Å². The second-order valence-electron chi connectivity index (χ2n) is 5.37. The van der Waals surface area contributed by atoms with Gasteiger partial charge in [0.1, 0.15) is 0 Å². The summed E-state index contributed by atoms with van der Waals surface area (Å²) < 4.78 is 4.92. The molecular weight excluding hydrogens is 270 g/mol. The van der Waals surface area contributed by atoms with Crippen molar-refractivity contribution in [1.82, 2.24) is 10.1 Å². The number of ketones is 1. The first-order valence-electron chi connectivity index (χ1n) is 7.05. The first-order valence-corrected chi connectivity index (χ1v) is 7.05. The summed E-state index contributed by atoms with van der Waals surface area (Å²) in [6, 6.07) is 4.96. The van der Waals surface area contributed by atoms with Gasteiger partial charge < -0.3 is 14.9 Å². The normalized spacial score (nSPS) is 16.4. The number of aromatic nitrogens is 2. The summed E-state index contributed by atoms with van der Waals surface area (Å²) in [6.45, 7) is 4.18. The number of hydrogen-bond donors (Lipinski definition) is 2. The topological polar surface area (TPSA) is 88.2 Å². The van der Waals surface area contributed by atoms with E-state index in [0.29, 0.717) is 17.5 Å². The van der Waals surface area contributed by atoms with Crippen LogP contribution in [0.5, 0.6) is 6.01 Å². The number of nitrogens with zero attached hydrogens (tertiary/aromatic N) is 2. The van der Waals surface area contributed by atoms with Crippen molar-refractivity contribution in [3.8, 4) is 17.5 Å². The van der Waals surface area contributed by atoms with Crippen LogP contribution in [0.25, 0.3) is 11.5 Å². The molecule has 2 aromatic rings. The fraction of sp³-hybridized carbons (Fsp3) is 0.400. The molecule has 0 amide bonds. The first kappa shape index (κ1) is 13.6. The molecule has 1 aliphatic rings. The lowest BCUT2D eigenvalue weighted by atomic mass is 9.81. The Morgan fingerprint density at radius 3 is 2.76 bits per heavy atom. The Hall–Kier alpha value is -2.37. The van der Waals surface area contributed by atoms with Gasteiger partial charge in [-0.1, -0.05) is 13.8 Å². The molecule has 0 saturated carbocycles. The van der Waals surface area contributed by atoms with Crippen LogP contribution in [-0.4, -0.2) is 26.6 Å². The van der Waals surface area contributed by atoms with Crippen LogP contribution >= 0.6 is 0 Å². The van der Waals surface area contributed by atoms with Gasteiger partial charge in [0.05, 0.1) is 0 Å². The first-order chi connectivity index (χ1) is 10.1. The molecule has 1 aromatic carbocycles. The van der Waals surface area contributed by atoms with Crippen LogP contribution in [0, 0.1) is 0 Å². The smallest absolute Gasteiger partial charge is 0.352 e. The molecule has 1 aliphatic heterocycles. The van der Waals surface area contributed by atoms with E-state index in [-0.39, 0.29) is 17.2 Å². The van der Waals surface area contributed by atoms with Crippen molar-refractivity contribution in [2.24, 2.45) is 0 Å². The molecule has 2 N–H and O–H groups in total. The molecule has 0 spiro atoms. The van der Waals surface area contributed by atoms with E-state index in [0.717, 1.165) is 18.5 Å². The molecule has 2 heterocycles. The third-order valence-electron chi connectivity index (χ3n) is 4.23. The van der Waals surface area contributed by atoms with E-state index in [1.54, 1.807) is 12.1 Å². The molecule has 0 unspecified atom stereocenters. The average molecular weight is 287 g/mol. The predicted octanol–water partition coefficient (Wildman–Crippen LogP) is 3.00. The van der Waals surface area contributed by atoms with Crippen molar-refractivity contribution in [3.63, 3.8) is 0 Å². The maximum absolute atomic E-state index is 12.5. The molecule has 0 radical (unpaired) electrons. The zero-order chi connectivity index (χ0) is 15.0. The Bertz CT molecular complexity index is 689. The van der Waals surface area contributed by atoms with Gasteiger partial charge in [0.2, 0.25) is 0 Å². The Morgan fingerprint density at radius 2 is 2.14 bits per heavy atom. The lowest BCUT2D eigenvalue weighted by molar-refractivity contribution is 0.0946. The number of hydrogen-bond acceptors (Lipinski definition) is 6. The number of Topliss-reactive ketones (excluding diaryl/α,β-unsaturated/α-hetero) is 1. The maximum Gasteiger partial charge on any atom is 0.352 e. The van der Waals surface area contributed by atoms with Crippen LogP contribution in [0.2, 0.25) is 0 Å². The van der Waals surface area contributed by atoms with Gasteiger partial charge in [-0.3, -0.25) is 4.79 Å². The molecule has 21 heavy (non-hydrogen) atoms. The number of nitrogens with one attached hydrogen (secondary N) is 1. The van der Waals surface area contributed by atoms with Gasteiger partial charge in [0.15, 0.2) is 5.78 Å². The molecule has 6 heteroatoms. The van der Waals surface area contributed by atoms with Gasteiger partial charge in [-0.15, -0.1) is 0 Å². The van der Waals surface area contributed by atoms with Crippen LogP contribution in [0.4, 0.5) is 5.69 Å². The fourth-order valence-corrected chi connectivity index (χ4v) is 2.76. The van der Waals surface area contributed by atoms with Gasteiger partial charge >= 0.3 is 6.01 Å². The Morgan fingerprint density at radius 1 is 1.38 bits per heavy atom. The predicted molar refractivity (Wildman–Crippen MR) is 77.3 cm³/mol. The minimum Gasteiger partial charge on any atom is -0.477 e. The number of benzene rings is 1. The van der Waals surface area contributed by atoms with Crippen molar-refractivity contribution in [2.75, 3.05) is 5.32 Å². The summed E-state index contributed by atoms with van der Waals surface area (Å²) in [5.74, 6) is 0.309. The molecule has 110 valence electrons. The van der Waals surface area contributed by atoms with Crippen LogP contribution in [0.3, 0.4) is 0 Å². The maximum atomic E-state index is 12.5. The van der Waals surface area contributed by atoms with E-state index in [1.807, 2.05) is 6.07 Å². The zero-order valence-corrected chi connectivity index (χ0v) is 12.0. The van der Waals surface area contributed by atoms with Crippen molar-refractivity contribution >= 4 is 11.5 Å². The second kappa shape index (κ2) is 4.87. The summed E-state index contributed by atoms with van der Waals surface area (Å²) in [5.41, 5.74) is 1.93. The summed E-state index contributed by atoms with van der Waals surface area (Å²) in [5, 5.41) is 16.0. The molecule has 6 nitrogen and oxygen atoms in total. The molecular formula is C15H17N3O3. The van der Waals surface area contributed by atoms with Crippen LogP contribution in [-0.2, 0) is 0 Å². The summed E-state index contributed by atoms with van der Waals surface area (Å²) >= 11 is 0. The number of fused-ring (bicyclic) bond motifs is 1. The van der Waals surface area contributed by atoms with Crippen LogP contribution in [0.1, 0.15) is 43.5 Å². The van der Waals surface area contributed by atoms with E-state index in [9.17, 15) is 4.79 Å². The highest BCUT2D eigenvalue weighted by Crippen LogP contribution is 2.36. The lowest BCUT2D eigenvalue weighted by Crippen LogP contribution is -2.43. The monoisotopic (exact) mass is 287 g/mol. The quantitative estimate of drug-likeness (QED) is 0.902. The second-order valence-corrected chi connectivity index (χ2v) is 5.37. The van der Waals surface area contributed by atoms with Crippen molar-refractivity contribution in [1.29, 1.82) is 0 Å². The van der Waals surface area contributed by atoms with Crippen molar-refractivity contribution in [2.45, 2.75) is 38.6 Å². The number of rotatable bonds is 3. The van der Waals surface area contributed by atoms with E-state index in [2.05, 4.69) is 29.3 Å². The standard InChI is InChI=1S/C15H17N3O3/c1-3-15(4-2)8-12(19)10-7-9(5-6-11(10)17-15)13-16-14(20)18-21-13/h5-7,17H,3-4,8H2,1-2H3,(H,18,20). The number of carbonyl (C=O) groups excluding carboxylic acids is 1. The van der Waals surface area contributed by atoms with Crippen LogP contribution < -0.4 is 5.32 Å². The third kappa shape index (κ3) is 2.26. The van der Waals surface area contributed by atoms with Gasteiger partial charge in [0.25, 0.3) is 5.89 Å². The molecule has 0 saturated heterocycles. The molecule has 0 fully saturated rings. The summed E-state index contributed by atoms with van der Waals surface area (Å²) in [6.07, 6.45) is 2.27. The number of carbonyl (C=O) groups is 1. The highest BCUT2D eigenvalue weighted by Gasteiger charge is 2.35. The average Bonchev–Trinajstić information content (AvgIpc) is 2.93.